The highest BCUT2D eigenvalue weighted by atomic mass is 16.7. The van der Waals surface area contributed by atoms with E-state index in [0.29, 0.717) is 0 Å². The van der Waals surface area contributed by atoms with E-state index in [0.717, 1.165) is 25.9 Å². The third-order valence-corrected chi connectivity index (χ3v) is 2.01. The zero-order valence-corrected chi connectivity index (χ0v) is 8.06. The van der Waals surface area contributed by atoms with Gasteiger partial charge in [0.25, 0.3) is 6.41 Å². The van der Waals surface area contributed by atoms with E-state index in [1.54, 1.807) is 19.0 Å². The number of likely N-dealkylation sites (tertiary alicyclic amines) is 1. The van der Waals surface area contributed by atoms with Crippen molar-refractivity contribution < 1.29 is 14.6 Å². The van der Waals surface area contributed by atoms with Gasteiger partial charge >= 0.3 is 6.09 Å². The normalized spacial score (nSPS) is 19.2. The van der Waals surface area contributed by atoms with Crippen LogP contribution in [0.25, 0.3) is 0 Å². The van der Waals surface area contributed by atoms with Crippen molar-refractivity contribution in [2.75, 3.05) is 27.2 Å². The number of hydrogen-bond acceptors (Lipinski definition) is 4. The van der Waals surface area contributed by atoms with Crippen molar-refractivity contribution in [2.24, 2.45) is 0 Å². The van der Waals surface area contributed by atoms with E-state index < -0.39 is 12.5 Å². The van der Waals surface area contributed by atoms with Gasteiger partial charge in [0.2, 0.25) is 0 Å². The summed E-state index contributed by atoms with van der Waals surface area (Å²) in [5, 5.41) is 9.21. The molecule has 1 rings (SSSR count). The van der Waals surface area contributed by atoms with E-state index in [1.165, 1.54) is 4.90 Å². The minimum Gasteiger partial charge on any atom is -0.405 e. The van der Waals surface area contributed by atoms with Crippen molar-refractivity contribution in [2.45, 2.75) is 19.3 Å². The predicted octanol–water partition coefficient (Wildman–Crippen LogP) is 0.0563. The molecule has 1 unspecified atom stereocenters. The smallest absolute Gasteiger partial charge is 0.405 e. The minimum atomic E-state index is -1.15. The van der Waals surface area contributed by atoms with E-state index in [4.69, 9.17) is 4.74 Å². The topological polar surface area (TPSA) is 53.0 Å². The number of ether oxygens (including phenoxy) is 1. The molecule has 5 nitrogen and oxygen atoms in total. The SMILES string of the molecule is CN(C)C(O)OC(=O)N1CCCC1. The molecule has 0 spiro atoms. The van der Waals surface area contributed by atoms with Gasteiger partial charge in [0.15, 0.2) is 0 Å². The van der Waals surface area contributed by atoms with Gasteiger partial charge in [-0.15, -0.1) is 0 Å². The third-order valence-electron chi connectivity index (χ3n) is 2.01. The molecule has 0 saturated carbocycles. The number of amides is 1. The van der Waals surface area contributed by atoms with Crippen molar-refractivity contribution in [3.05, 3.63) is 0 Å². The number of hydrogen-bond donors (Lipinski definition) is 1. The van der Waals surface area contributed by atoms with Gasteiger partial charge in [-0.25, -0.2) is 4.79 Å². The fourth-order valence-corrected chi connectivity index (χ4v) is 1.17. The second kappa shape index (κ2) is 4.43. The number of aliphatic hydroxyl groups is 1. The lowest BCUT2D eigenvalue weighted by Crippen LogP contribution is -2.38. The zero-order chi connectivity index (χ0) is 9.84. The van der Waals surface area contributed by atoms with Gasteiger partial charge in [-0.1, -0.05) is 0 Å². The molecular formula is C8H16N2O3. The molecule has 1 heterocycles. The summed E-state index contributed by atoms with van der Waals surface area (Å²) in [5.41, 5.74) is 0. The van der Waals surface area contributed by atoms with E-state index in [-0.39, 0.29) is 0 Å². The van der Waals surface area contributed by atoms with E-state index in [2.05, 4.69) is 0 Å². The Kier molecular flexibility index (Phi) is 3.50. The standard InChI is InChI=1S/C8H16N2O3/c1-9(2)7(11)13-8(12)10-5-3-4-6-10/h7,11H,3-6H2,1-2H3. The molecule has 0 bridgehead atoms. The maximum absolute atomic E-state index is 11.3. The highest BCUT2D eigenvalue weighted by Crippen LogP contribution is 2.09. The number of aliphatic hydroxyl groups excluding tert-OH is 1. The Balaban J connectivity index is 2.31. The van der Waals surface area contributed by atoms with E-state index >= 15 is 0 Å². The first-order valence-corrected chi connectivity index (χ1v) is 4.41. The second-order valence-corrected chi connectivity index (χ2v) is 3.37. The van der Waals surface area contributed by atoms with Crippen LogP contribution in [-0.4, -0.2) is 54.6 Å². The van der Waals surface area contributed by atoms with Crippen molar-refractivity contribution in [1.29, 1.82) is 0 Å². The van der Waals surface area contributed by atoms with Crippen LogP contribution in [0.15, 0.2) is 0 Å². The van der Waals surface area contributed by atoms with E-state index in [1.807, 2.05) is 0 Å². The quantitative estimate of drug-likeness (QED) is 0.622. The van der Waals surface area contributed by atoms with Gasteiger partial charge in [-0.05, 0) is 26.9 Å². The summed E-state index contributed by atoms with van der Waals surface area (Å²) in [6.45, 7) is 1.47. The number of carbonyl (C=O) groups excluding carboxylic acids is 1. The first-order chi connectivity index (χ1) is 6.11. The van der Waals surface area contributed by atoms with Crippen molar-refractivity contribution >= 4 is 6.09 Å². The molecule has 76 valence electrons. The number of carbonyl (C=O) groups is 1. The molecule has 1 amide bonds. The van der Waals surface area contributed by atoms with Crippen LogP contribution in [0.1, 0.15) is 12.8 Å². The van der Waals surface area contributed by atoms with Gasteiger partial charge in [0, 0.05) is 13.1 Å². The van der Waals surface area contributed by atoms with Crippen LogP contribution in [-0.2, 0) is 4.74 Å². The second-order valence-electron chi connectivity index (χ2n) is 3.37. The van der Waals surface area contributed by atoms with Gasteiger partial charge in [-0.2, -0.15) is 0 Å². The molecule has 13 heavy (non-hydrogen) atoms. The lowest BCUT2D eigenvalue weighted by molar-refractivity contribution is -0.143. The summed E-state index contributed by atoms with van der Waals surface area (Å²) < 4.78 is 4.76. The lowest BCUT2D eigenvalue weighted by atomic mass is 10.4. The molecule has 1 N–H and O–H groups in total. The average molecular weight is 188 g/mol. The Morgan fingerprint density at radius 2 is 2.00 bits per heavy atom. The number of rotatable bonds is 2. The summed E-state index contributed by atoms with van der Waals surface area (Å²) >= 11 is 0. The molecule has 0 aromatic rings. The van der Waals surface area contributed by atoms with Gasteiger partial charge in [0.05, 0.1) is 0 Å². The summed E-state index contributed by atoms with van der Waals surface area (Å²) in [4.78, 5) is 14.3. The summed E-state index contributed by atoms with van der Waals surface area (Å²) in [6.07, 6.45) is 0.465. The van der Waals surface area contributed by atoms with Crippen molar-refractivity contribution in [3.8, 4) is 0 Å². The van der Waals surface area contributed by atoms with Crippen LogP contribution in [0.4, 0.5) is 4.79 Å². The Morgan fingerprint density at radius 3 is 2.46 bits per heavy atom. The minimum absolute atomic E-state index is 0.432. The Morgan fingerprint density at radius 1 is 1.46 bits per heavy atom. The molecule has 0 radical (unpaired) electrons. The van der Waals surface area contributed by atoms with E-state index in [9.17, 15) is 9.90 Å². The molecular weight excluding hydrogens is 172 g/mol. The summed E-state index contributed by atoms with van der Waals surface area (Å²) in [6, 6.07) is 0. The first kappa shape index (κ1) is 10.3. The highest BCUT2D eigenvalue weighted by molar-refractivity contribution is 5.67. The largest absolute Gasteiger partial charge is 0.413 e. The fraction of sp³-hybridized carbons (Fsp3) is 0.875. The Hall–Kier alpha value is -0.810. The molecule has 1 saturated heterocycles. The number of nitrogens with zero attached hydrogens (tertiary/aromatic N) is 2. The molecule has 1 atom stereocenters. The molecule has 1 aliphatic rings. The molecule has 1 fully saturated rings. The maximum atomic E-state index is 11.3. The fourth-order valence-electron chi connectivity index (χ4n) is 1.17. The molecule has 0 aromatic carbocycles. The first-order valence-electron chi connectivity index (χ1n) is 4.41. The third kappa shape index (κ3) is 2.86. The van der Waals surface area contributed by atoms with Crippen LogP contribution in [0.3, 0.4) is 0 Å². The van der Waals surface area contributed by atoms with Crippen molar-refractivity contribution in [3.63, 3.8) is 0 Å². The summed E-state index contributed by atoms with van der Waals surface area (Å²) in [5.74, 6) is 0. The van der Waals surface area contributed by atoms with Gasteiger partial charge in [0.1, 0.15) is 0 Å². The monoisotopic (exact) mass is 188 g/mol. The average Bonchev–Trinajstić information content (AvgIpc) is 2.55. The van der Waals surface area contributed by atoms with Gasteiger partial charge < -0.3 is 14.7 Å². The Labute approximate surface area is 77.9 Å². The van der Waals surface area contributed by atoms with Crippen LogP contribution >= 0.6 is 0 Å². The van der Waals surface area contributed by atoms with Crippen LogP contribution in [0, 0.1) is 0 Å². The van der Waals surface area contributed by atoms with Gasteiger partial charge in [-0.3, -0.25) is 4.90 Å². The molecule has 0 aromatic heterocycles. The predicted molar refractivity (Wildman–Crippen MR) is 47.0 cm³/mol. The maximum Gasteiger partial charge on any atom is 0.413 e. The molecule has 0 aliphatic carbocycles. The Bertz CT molecular complexity index is 178. The van der Waals surface area contributed by atoms with Crippen LogP contribution in [0.5, 0.6) is 0 Å². The van der Waals surface area contributed by atoms with Crippen LogP contribution < -0.4 is 0 Å². The lowest BCUT2D eigenvalue weighted by Gasteiger charge is -2.22. The molecule has 5 heteroatoms. The highest BCUT2D eigenvalue weighted by Gasteiger charge is 2.22. The summed E-state index contributed by atoms with van der Waals surface area (Å²) in [7, 11) is 3.28. The molecule has 1 aliphatic heterocycles. The van der Waals surface area contributed by atoms with Crippen LogP contribution in [0.2, 0.25) is 0 Å². The zero-order valence-electron chi connectivity index (χ0n) is 8.06. The van der Waals surface area contributed by atoms with Crippen molar-refractivity contribution in [1.82, 2.24) is 9.80 Å².